The number of rotatable bonds is 4. The minimum absolute atomic E-state index is 0.0300. The van der Waals surface area contributed by atoms with Gasteiger partial charge in [0, 0.05) is 49.9 Å². The fourth-order valence-corrected chi connectivity index (χ4v) is 3.98. The predicted octanol–water partition coefficient (Wildman–Crippen LogP) is 2.16. The van der Waals surface area contributed by atoms with Crippen molar-refractivity contribution in [1.82, 2.24) is 10.3 Å². The molecule has 10 heteroatoms. The van der Waals surface area contributed by atoms with Gasteiger partial charge in [0.15, 0.2) is 12.1 Å². The van der Waals surface area contributed by atoms with Crippen LogP contribution in [0.25, 0.3) is 0 Å². The molecule has 2 amide bonds. The first-order valence-corrected chi connectivity index (χ1v) is 9.80. The number of carbonyl (C=O) groups excluding carboxylic acids is 3. The van der Waals surface area contributed by atoms with E-state index in [1.807, 2.05) is 4.90 Å². The van der Waals surface area contributed by atoms with E-state index >= 15 is 0 Å². The van der Waals surface area contributed by atoms with Gasteiger partial charge >= 0.3 is 0 Å². The van der Waals surface area contributed by atoms with Crippen LogP contribution in [-0.4, -0.2) is 49.3 Å². The van der Waals surface area contributed by atoms with Gasteiger partial charge < -0.3 is 9.80 Å². The van der Waals surface area contributed by atoms with E-state index in [0.717, 1.165) is 0 Å². The van der Waals surface area contributed by atoms with Crippen LogP contribution in [0.2, 0.25) is 0 Å². The van der Waals surface area contributed by atoms with Crippen molar-refractivity contribution in [3.05, 3.63) is 53.1 Å². The maximum atomic E-state index is 14.8. The van der Waals surface area contributed by atoms with Crippen LogP contribution >= 0.6 is 0 Å². The number of carbonyl (C=O) groups is 3. The van der Waals surface area contributed by atoms with E-state index in [-0.39, 0.29) is 24.1 Å². The molecular weight excluding hydrogens is 413 g/mol. The van der Waals surface area contributed by atoms with Gasteiger partial charge in [0.05, 0.1) is 17.8 Å². The average Bonchev–Trinajstić information content (AvgIpc) is 2.74. The number of anilines is 2. The number of piperazine rings is 1. The quantitative estimate of drug-likeness (QED) is 0.589. The summed E-state index contributed by atoms with van der Waals surface area (Å²) >= 11 is 0. The fourth-order valence-electron chi connectivity index (χ4n) is 3.98. The summed E-state index contributed by atoms with van der Waals surface area (Å²) in [6.07, 6.45) is 1.85. The highest BCUT2D eigenvalue weighted by Gasteiger charge is 2.33. The number of imide groups is 1. The number of halogens is 3. The first-order valence-electron chi connectivity index (χ1n) is 9.80. The Morgan fingerprint density at radius 1 is 0.935 bits per heavy atom. The summed E-state index contributed by atoms with van der Waals surface area (Å²) in [6, 6.07) is 3.62. The van der Waals surface area contributed by atoms with Crippen LogP contribution in [0.4, 0.5) is 24.5 Å². The molecular formula is C21H19F3N4O3. The first-order chi connectivity index (χ1) is 14.9. The van der Waals surface area contributed by atoms with Gasteiger partial charge in [0.2, 0.25) is 11.8 Å². The monoisotopic (exact) mass is 432 g/mol. The number of piperidine rings is 1. The van der Waals surface area contributed by atoms with Crippen LogP contribution in [-0.2, 0) is 9.59 Å². The van der Waals surface area contributed by atoms with Gasteiger partial charge in [-0.05, 0) is 18.6 Å². The van der Waals surface area contributed by atoms with Crippen LogP contribution in [0.1, 0.15) is 34.8 Å². The third-order valence-electron chi connectivity index (χ3n) is 5.63. The van der Waals surface area contributed by atoms with Gasteiger partial charge in [-0.15, -0.1) is 0 Å². The Morgan fingerprint density at radius 2 is 1.52 bits per heavy atom. The molecule has 2 aromatic rings. The third kappa shape index (κ3) is 4.10. The Morgan fingerprint density at radius 3 is 2.06 bits per heavy atom. The molecule has 31 heavy (non-hydrogen) atoms. The maximum absolute atomic E-state index is 14.8. The molecule has 0 bridgehead atoms. The SMILES string of the molecule is O=Cc1ncc(N2CCN(c3cc(F)c(C4CCC(=O)NC4=O)c(F)c3)CC2)cc1F. The van der Waals surface area contributed by atoms with E-state index in [2.05, 4.69) is 10.3 Å². The second-order valence-electron chi connectivity index (χ2n) is 7.48. The molecule has 1 aromatic carbocycles. The van der Waals surface area contributed by atoms with E-state index in [9.17, 15) is 27.6 Å². The Hall–Kier alpha value is -3.43. The zero-order valence-electron chi connectivity index (χ0n) is 16.4. The van der Waals surface area contributed by atoms with E-state index in [0.29, 0.717) is 43.8 Å². The molecule has 1 aromatic heterocycles. The Kier molecular flexibility index (Phi) is 5.62. The number of aromatic nitrogens is 1. The third-order valence-corrected chi connectivity index (χ3v) is 5.63. The van der Waals surface area contributed by atoms with Crippen LogP contribution in [0, 0.1) is 17.5 Å². The van der Waals surface area contributed by atoms with E-state index in [4.69, 9.17) is 0 Å². The van der Waals surface area contributed by atoms with Crippen molar-refractivity contribution in [1.29, 1.82) is 0 Å². The van der Waals surface area contributed by atoms with E-state index in [1.54, 1.807) is 4.90 Å². The number of pyridine rings is 1. The lowest BCUT2D eigenvalue weighted by Crippen LogP contribution is -2.46. The van der Waals surface area contributed by atoms with Crippen LogP contribution in [0.15, 0.2) is 24.4 Å². The number of nitrogens with zero attached hydrogens (tertiary/aromatic N) is 3. The molecule has 2 aliphatic rings. The van der Waals surface area contributed by atoms with Crippen LogP contribution in [0.3, 0.4) is 0 Å². The summed E-state index contributed by atoms with van der Waals surface area (Å²) in [4.78, 5) is 41.4. The molecule has 2 saturated heterocycles. The summed E-state index contributed by atoms with van der Waals surface area (Å²) in [7, 11) is 0. The molecule has 2 fully saturated rings. The summed E-state index contributed by atoms with van der Waals surface area (Å²) in [5.41, 5.74) is 0.272. The van der Waals surface area contributed by atoms with Crippen molar-refractivity contribution < 1.29 is 27.6 Å². The van der Waals surface area contributed by atoms with Gasteiger partial charge in [-0.25, -0.2) is 18.2 Å². The standard InChI is InChI=1S/C21H19F3N4O3/c22-15-9-13(10-25-18(15)11-29)28-5-3-27(4-6-28)12-7-16(23)20(17(24)8-12)14-1-2-19(30)26-21(14)31/h7-11,14H,1-6H2,(H,26,30,31). The predicted molar refractivity (Wildman–Crippen MR) is 105 cm³/mol. The molecule has 3 heterocycles. The first kappa shape index (κ1) is 20.8. The number of hydrogen-bond acceptors (Lipinski definition) is 6. The van der Waals surface area contributed by atoms with Gasteiger partial charge in [-0.1, -0.05) is 0 Å². The molecule has 7 nitrogen and oxygen atoms in total. The highest BCUT2D eigenvalue weighted by Crippen LogP contribution is 2.32. The van der Waals surface area contributed by atoms with Crippen LogP contribution in [0.5, 0.6) is 0 Å². The van der Waals surface area contributed by atoms with Crippen molar-refractivity contribution in [2.75, 3.05) is 36.0 Å². The maximum Gasteiger partial charge on any atom is 0.234 e. The zero-order valence-corrected chi connectivity index (χ0v) is 16.4. The molecule has 1 atom stereocenters. The average molecular weight is 432 g/mol. The smallest absolute Gasteiger partial charge is 0.234 e. The minimum Gasteiger partial charge on any atom is -0.368 e. The van der Waals surface area contributed by atoms with Crippen molar-refractivity contribution >= 4 is 29.5 Å². The molecule has 0 saturated carbocycles. The normalized spacial score (nSPS) is 19.4. The second-order valence-corrected chi connectivity index (χ2v) is 7.48. The minimum atomic E-state index is -1.04. The molecule has 1 N–H and O–H groups in total. The Balaban J connectivity index is 1.48. The molecule has 162 valence electrons. The number of benzene rings is 1. The molecule has 0 aliphatic carbocycles. The van der Waals surface area contributed by atoms with Gasteiger partial charge in [-0.2, -0.15) is 0 Å². The topological polar surface area (TPSA) is 82.6 Å². The number of hydrogen-bond donors (Lipinski definition) is 1. The van der Waals surface area contributed by atoms with Gasteiger partial charge in [-0.3, -0.25) is 19.7 Å². The van der Waals surface area contributed by atoms with Crippen molar-refractivity contribution in [3.8, 4) is 0 Å². The summed E-state index contributed by atoms with van der Waals surface area (Å²) in [5, 5.41) is 2.11. The fraction of sp³-hybridized carbons (Fsp3) is 0.333. The Labute approximate surface area is 175 Å². The second kappa shape index (κ2) is 8.37. The largest absolute Gasteiger partial charge is 0.368 e. The summed E-state index contributed by atoms with van der Waals surface area (Å²) in [6.45, 7) is 1.76. The summed E-state index contributed by atoms with van der Waals surface area (Å²) in [5.74, 6) is -4.56. The molecule has 0 spiro atoms. The summed E-state index contributed by atoms with van der Waals surface area (Å²) < 4.78 is 43.3. The molecule has 0 radical (unpaired) electrons. The molecule has 1 unspecified atom stereocenters. The lowest BCUT2D eigenvalue weighted by molar-refractivity contribution is -0.134. The highest BCUT2D eigenvalue weighted by molar-refractivity contribution is 6.01. The van der Waals surface area contributed by atoms with Gasteiger partial charge in [0.1, 0.15) is 17.3 Å². The van der Waals surface area contributed by atoms with Crippen molar-refractivity contribution in [2.45, 2.75) is 18.8 Å². The molecule has 2 aliphatic heterocycles. The Bertz CT molecular complexity index is 1030. The van der Waals surface area contributed by atoms with Crippen LogP contribution < -0.4 is 15.1 Å². The number of amides is 2. The van der Waals surface area contributed by atoms with Crippen molar-refractivity contribution in [2.24, 2.45) is 0 Å². The van der Waals surface area contributed by atoms with Gasteiger partial charge in [0.25, 0.3) is 0 Å². The lowest BCUT2D eigenvalue weighted by atomic mass is 9.89. The number of aldehydes is 1. The highest BCUT2D eigenvalue weighted by atomic mass is 19.1. The number of nitrogens with one attached hydrogen (secondary N) is 1. The van der Waals surface area contributed by atoms with E-state index in [1.165, 1.54) is 24.4 Å². The lowest BCUT2D eigenvalue weighted by Gasteiger charge is -2.37. The zero-order chi connectivity index (χ0) is 22.1. The van der Waals surface area contributed by atoms with E-state index < -0.39 is 35.2 Å². The molecule has 4 rings (SSSR count). The van der Waals surface area contributed by atoms with Crippen molar-refractivity contribution in [3.63, 3.8) is 0 Å².